The standard InChI is InChI=1S/C22H30N4O3S3/c27-22(21-20(6-15-31-21)32(28,29)26-13-16-30-17-14-26)23-7-8-24-9-11-25(12-10-24)18-19-4-2-1-3-5-19/h1-6,15H,7-14,16-18H2,(H,23,27). The Labute approximate surface area is 198 Å². The number of piperazine rings is 1. The molecule has 2 aliphatic heterocycles. The Morgan fingerprint density at radius 2 is 1.62 bits per heavy atom. The quantitative estimate of drug-likeness (QED) is 0.606. The number of hydrogen-bond acceptors (Lipinski definition) is 7. The van der Waals surface area contributed by atoms with Gasteiger partial charge in [-0.2, -0.15) is 16.1 Å². The average molecular weight is 495 g/mol. The van der Waals surface area contributed by atoms with E-state index in [1.165, 1.54) is 21.2 Å². The molecule has 1 aromatic heterocycles. The van der Waals surface area contributed by atoms with Crippen LogP contribution in [-0.4, -0.2) is 92.3 Å². The fourth-order valence-electron chi connectivity index (χ4n) is 4.01. The van der Waals surface area contributed by atoms with Gasteiger partial charge in [-0.1, -0.05) is 30.3 Å². The number of carbonyl (C=O) groups excluding carboxylic acids is 1. The zero-order chi connectivity index (χ0) is 22.4. The molecule has 0 bridgehead atoms. The summed E-state index contributed by atoms with van der Waals surface area (Å²) < 4.78 is 27.5. The second kappa shape index (κ2) is 11.1. The fraction of sp³-hybridized carbons (Fsp3) is 0.500. The van der Waals surface area contributed by atoms with E-state index in [-0.39, 0.29) is 15.7 Å². The highest BCUT2D eigenvalue weighted by Gasteiger charge is 2.31. The number of sulfonamides is 1. The van der Waals surface area contributed by atoms with E-state index >= 15 is 0 Å². The lowest BCUT2D eigenvalue weighted by Gasteiger charge is -2.34. The van der Waals surface area contributed by atoms with E-state index in [4.69, 9.17) is 0 Å². The molecular formula is C22H30N4O3S3. The zero-order valence-corrected chi connectivity index (χ0v) is 20.6. The first-order valence-corrected chi connectivity index (χ1v) is 14.4. The van der Waals surface area contributed by atoms with Crippen molar-refractivity contribution in [3.8, 4) is 0 Å². The number of rotatable bonds is 8. The summed E-state index contributed by atoms with van der Waals surface area (Å²) in [5, 5.41) is 4.61. The lowest BCUT2D eigenvalue weighted by atomic mass is 10.2. The summed E-state index contributed by atoms with van der Waals surface area (Å²) in [6.45, 7) is 7.19. The zero-order valence-electron chi connectivity index (χ0n) is 18.1. The van der Waals surface area contributed by atoms with Gasteiger partial charge in [0.25, 0.3) is 5.91 Å². The van der Waals surface area contributed by atoms with Crippen LogP contribution in [0.15, 0.2) is 46.7 Å². The van der Waals surface area contributed by atoms with Gasteiger partial charge in [0.15, 0.2) is 0 Å². The minimum absolute atomic E-state index is 0.140. The molecule has 7 nitrogen and oxygen atoms in total. The van der Waals surface area contributed by atoms with Crippen molar-refractivity contribution in [1.29, 1.82) is 0 Å². The molecule has 2 aliphatic rings. The Kier molecular flexibility index (Phi) is 8.25. The van der Waals surface area contributed by atoms with Gasteiger partial charge in [-0.15, -0.1) is 11.3 Å². The van der Waals surface area contributed by atoms with Crippen LogP contribution in [0.25, 0.3) is 0 Å². The summed E-state index contributed by atoms with van der Waals surface area (Å²) in [4.78, 5) is 18.0. The maximum absolute atomic E-state index is 13.0. The summed E-state index contributed by atoms with van der Waals surface area (Å²) in [5.74, 6) is 1.29. The molecule has 4 rings (SSSR count). The van der Waals surface area contributed by atoms with E-state index in [1.807, 2.05) is 6.07 Å². The van der Waals surface area contributed by atoms with Gasteiger partial charge in [0.1, 0.15) is 9.77 Å². The van der Waals surface area contributed by atoms with Crippen LogP contribution in [0.1, 0.15) is 15.2 Å². The summed E-state index contributed by atoms with van der Waals surface area (Å²) in [6, 6.07) is 12.1. The molecule has 0 radical (unpaired) electrons. The summed E-state index contributed by atoms with van der Waals surface area (Å²) in [7, 11) is -3.62. The van der Waals surface area contributed by atoms with E-state index in [2.05, 4.69) is 39.4 Å². The van der Waals surface area contributed by atoms with Crippen LogP contribution in [-0.2, 0) is 16.6 Å². The predicted molar refractivity (Wildman–Crippen MR) is 131 cm³/mol. The molecular weight excluding hydrogens is 464 g/mol. The van der Waals surface area contributed by atoms with Crippen molar-refractivity contribution in [2.24, 2.45) is 0 Å². The van der Waals surface area contributed by atoms with E-state index in [0.29, 0.717) is 19.6 Å². The van der Waals surface area contributed by atoms with Crippen LogP contribution >= 0.6 is 23.1 Å². The highest BCUT2D eigenvalue weighted by molar-refractivity contribution is 7.99. The van der Waals surface area contributed by atoms with Crippen molar-refractivity contribution in [1.82, 2.24) is 19.4 Å². The normalized spacial score (nSPS) is 19.1. The molecule has 0 spiro atoms. The number of nitrogens with one attached hydrogen (secondary N) is 1. The Morgan fingerprint density at radius 1 is 0.938 bits per heavy atom. The minimum atomic E-state index is -3.62. The average Bonchev–Trinajstić information content (AvgIpc) is 3.33. The largest absolute Gasteiger partial charge is 0.350 e. The number of carbonyl (C=O) groups is 1. The van der Waals surface area contributed by atoms with E-state index in [1.54, 1.807) is 23.2 Å². The van der Waals surface area contributed by atoms with Gasteiger partial charge >= 0.3 is 0 Å². The van der Waals surface area contributed by atoms with E-state index < -0.39 is 10.0 Å². The van der Waals surface area contributed by atoms with Crippen molar-refractivity contribution in [2.75, 3.05) is 63.9 Å². The maximum Gasteiger partial charge on any atom is 0.262 e. The highest BCUT2D eigenvalue weighted by atomic mass is 32.2. The third-order valence-corrected chi connectivity index (χ3v) is 9.78. The molecule has 0 aliphatic carbocycles. The Morgan fingerprint density at radius 3 is 2.34 bits per heavy atom. The minimum Gasteiger partial charge on any atom is -0.350 e. The molecule has 0 atom stereocenters. The van der Waals surface area contributed by atoms with Crippen LogP contribution in [0.5, 0.6) is 0 Å². The van der Waals surface area contributed by atoms with Gasteiger partial charge in [-0.05, 0) is 17.0 Å². The molecule has 10 heteroatoms. The molecule has 1 aromatic carbocycles. The SMILES string of the molecule is O=C(NCCN1CCN(Cc2ccccc2)CC1)c1sccc1S(=O)(=O)N1CCSCC1. The van der Waals surface area contributed by atoms with Gasteiger partial charge in [-0.25, -0.2) is 8.42 Å². The number of nitrogens with zero attached hydrogens (tertiary/aromatic N) is 3. The summed E-state index contributed by atoms with van der Waals surface area (Å²) in [5.41, 5.74) is 1.33. The van der Waals surface area contributed by atoms with Gasteiger partial charge < -0.3 is 5.32 Å². The number of amides is 1. The molecule has 2 aromatic rings. The first-order chi connectivity index (χ1) is 15.5. The second-order valence-electron chi connectivity index (χ2n) is 7.99. The monoisotopic (exact) mass is 494 g/mol. The number of benzene rings is 1. The molecule has 0 unspecified atom stereocenters. The third kappa shape index (κ3) is 5.92. The Bertz CT molecular complexity index is 983. The maximum atomic E-state index is 13.0. The smallest absolute Gasteiger partial charge is 0.262 e. The Balaban J connectivity index is 1.24. The lowest BCUT2D eigenvalue weighted by molar-refractivity contribution is 0.0935. The molecule has 1 amide bonds. The van der Waals surface area contributed by atoms with E-state index in [9.17, 15) is 13.2 Å². The van der Waals surface area contributed by atoms with Crippen molar-refractivity contribution in [3.05, 3.63) is 52.2 Å². The van der Waals surface area contributed by atoms with Gasteiger partial charge in [0.2, 0.25) is 10.0 Å². The van der Waals surface area contributed by atoms with Crippen LogP contribution < -0.4 is 5.32 Å². The lowest BCUT2D eigenvalue weighted by Crippen LogP contribution is -2.48. The van der Waals surface area contributed by atoms with Crippen molar-refractivity contribution >= 4 is 39.0 Å². The van der Waals surface area contributed by atoms with Crippen LogP contribution in [0.2, 0.25) is 0 Å². The second-order valence-corrected chi connectivity index (χ2v) is 12.0. The molecule has 32 heavy (non-hydrogen) atoms. The van der Waals surface area contributed by atoms with Gasteiger partial charge in [0, 0.05) is 70.4 Å². The van der Waals surface area contributed by atoms with Crippen LogP contribution in [0, 0.1) is 0 Å². The number of thiophene rings is 1. The van der Waals surface area contributed by atoms with Crippen LogP contribution in [0.3, 0.4) is 0 Å². The molecule has 0 saturated carbocycles. The summed E-state index contributed by atoms with van der Waals surface area (Å²) in [6.07, 6.45) is 0. The third-order valence-electron chi connectivity index (χ3n) is 5.85. The molecule has 174 valence electrons. The molecule has 3 heterocycles. The molecule has 2 saturated heterocycles. The highest BCUT2D eigenvalue weighted by Crippen LogP contribution is 2.27. The topological polar surface area (TPSA) is 73.0 Å². The van der Waals surface area contributed by atoms with E-state index in [0.717, 1.165) is 50.8 Å². The Hall–Kier alpha value is -1.43. The molecule has 1 N–H and O–H groups in total. The first kappa shape index (κ1) is 23.7. The van der Waals surface area contributed by atoms with Crippen molar-refractivity contribution < 1.29 is 13.2 Å². The van der Waals surface area contributed by atoms with Gasteiger partial charge in [-0.3, -0.25) is 14.6 Å². The fourth-order valence-corrected chi connectivity index (χ4v) is 7.91. The predicted octanol–water partition coefficient (Wildman–Crippen LogP) is 2.03. The van der Waals surface area contributed by atoms with Crippen LogP contribution in [0.4, 0.5) is 0 Å². The van der Waals surface area contributed by atoms with Gasteiger partial charge in [0.05, 0.1) is 0 Å². The summed E-state index contributed by atoms with van der Waals surface area (Å²) >= 11 is 2.95. The van der Waals surface area contributed by atoms with Crippen molar-refractivity contribution in [3.63, 3.8) is 0 Å². The number of thioether (sulfide) groups is 1. The van der Waals surface area contributed by atoms with Crippen molar-refractivity contribution in [2.45, 2.75) is 11.4 Å². The number of hydrogen-bond donors (Lipinski definition) is 1. The molecule has 2 fully saturated rings. The first-order valence-electron chi connectivity index (χ1n) is 11.0.